The summed E-state index contributed by atoms with van der Waals surface area (Å²) in [6, 6.07) is 37.2. The Bertz CT molecular complexity index is 1920. The van der Waals surface area contributed by atoms with Crippen LogP contribution in [0.15, 0.2) is 134 Å². The molecule has 0 fully saturated rings. The molecule has 43 heavy (non-hydrogen) atoms. The van der Waals surface area contributed by atoms with E-state index >= 15 is 0 Å². The van der Waals surface area contributed by atoms with Gasteiger partial charge in [0.15, 0.2) is 0 Å². The van der Waals surface area contributed by atoms with E-state index in [9.17, 15) is 0 Å². The predicted octanol–water partition coefficient (Wildman–Crippen LogP) is 11.2. The van der Waals surface area contributed by atoms with Crippen LogP contribution in [0.4, 0.5) is 11.4 Å². The number of benzene rings is 5. The molecule has 2 heteroatoms. The first-order chi connectivity index (χ1) is 20.8. The Balaban J connectivity index is 1.53. The van der Waals surface area contributed by atoms with Gasteiger partial charge < -0.3 is 10.3 Å². The zero-order chi connectivity index (χ0) is 30.1. The minimum atomic E-state index is -0.152. The summed E-state index contributed by atoms with van der Waals surface area (Å²) in [6.07, 6.45) is 8.51. The molecule has 6 rings (SSSR count). The number of rotatable bonds is 8. The summed E-state index contributed by atoms with van der Waals surface area (Å²) in [5.41, 5.74) is 12.4. The Morgan fingerprint density at radius 3 is 2.28 bits per heavy atom. The van der Waals surface area contributed by atoms with E-state index in [1.807, 2.05) is 12.1 Å². The van der Waals surface area contributed by atoms with Gasteiger partial charge in [0.25, 0.3) is 0 Å². The number of hydrogen-bond acceptors (Lipinski definition) is 2. The Hall–Kier alpha value is -4.95. The Morgan fingerprint density at radius 1 is 0.837 bits per heavy atom. The number of nitrogens with one attached hydrogen (secondary N) is 1. The second-order valence-electron chi connectivity index (χ2n) is 11.8. The predicted molar refractivity (Wildman–Crippen MR) is 186 cm³/mol. The standard InChI is InChI=1S/C41H38N2/c1-6-8-18-38(42)30-19-22-31(23-20-30)43(39(13-7-2)33-16-11-9-14-28(33)3)32-24-26-35-36-25-21-29-15-10-12-17-34(29)40(36)41(4,5)37(35)27-32/h6,8-27,42H,1,7H2,2-5H3/b18-8-,39-13+,42-38?. The minimum Gasteiger partial charge on any atom is -0.310 e. The van der Waals surface area contributed by atoms with E-state index in [0.29, 0.717) is 5.71 Å². The van der Waals surface area contributed by atoms with Crippen molar-refractivity contribution in [2.75, 3.05) is 4.90 Å². The molecule has 0 spiro atoms. The summed E-state index contributed by atoms with van der Waals surface area (Å²) in [5.74, 6) is 0. The summed E-state index contributed by atoms with van der Waals surface area (Å²) in [7, 11) is 0. The fourth-order valence-electron chi connectivity index (χ4n) is 6.58. The highest BCUT2D eigenvalue weighted by Gasteiger charge is 2.37. The molecule has 5 aromatic carbocycles. The lowest BCUT2D eigenvalue weighted by Crippen LogP contribution is -2.19. The summed E-state index contributed by atoms with van der Waals surface area (Å²) >= 11 is 0. The molecule has 1 aliphatic carbocycles. The molecule has 2 nitrogen and oxygen atoms in total. The van der Waals surface area contributed by atoms with Gasteiger partial charge in [-0.25, -0.2) is 0 Å². The molecule has 0 heterocycles. The zero-order valence-corrected chi connectivity index (χ0v) is 25.5. The van der Waals surface area contributed by atoms with Gasteiger partial charge in [-0.1, -0.05) is 124 Å². The van der Waals surface area contributed by atoms with Crippen LogP contribution in [0, 0.1) is 12.3 Å². The quantitative estimate of drug-likeness (QED) is 0.149. The number of aryl methyl sites for hydroxylation is 1. The molecule has 0 radical (unpaired) electrons. The van der Waals surface area contributed by atoms with Gasteiger partial charge in [-0.15, -0.1) is 0 Å². The van der Waals surface area contributed by atoms with Gasteiger partial charge in [-0.2, -0.15) is 0 Å². The number of anilines is 2. The molecule has 1 N–H and O–H groups in total. The maximum absolute atomic E-state index is 8.48. The summed E-state index contributed by atoms with van der Waals surface area (Å²) in [5, 5.41) is 11.1. The van der Waals surface area contributed by atoms with Gasteiger partial charge in [0, 0.05) is 28.1 Å². The molecule has 5 aromatic rings. The molecule has 212 valence electrons. The van der Waals surface area contributed by atoms with Crippen molar-refractivity contribution in [2.24, 2.45) is 0 Å². The number of hydrogen-bond donors (Lipinski definition) is 1. The molecule has 0 bridgehead atoms. The van der Waals surface area contributed by atoms with Crippen molar-refractivity contribution in [3.8, 4) is 11.1 Å². The lowest BCUT2D eigenvalue weighted by molar-refractivity contribution is 0.666. The second kappa shape index (κ2) is 11.4. The topological polar surface area (TPSA) is 27.1 Å². The first-order valence-electron chi connectivity index (χ1n) is 15.1. The van der Waals surface area contributed by atoms with Crippen molar-refractivity contribution in [1.82, 2.24) is 0 Å². The van der Waals surface area contributed by atoms with Crippen LogP contribution in [0.5, 0.6) is 0 Å². The van der Waals surface area contributed by atoms with Crippen LogP contribution in [0.3, 0.4) is 0 Å². The van der Waals surface area contributed by atoms with Crippen LogP contribution >= 0.6 is 0 Å². The second-order valence-corrected chi connectivity index (χ2v) is 11.8. The highest BCUT2D eigenvalue weighted by Crippen LogP contribution is 2.53. The van der Waals surface area contributed by atoms with Crippen molar-refractivity contribution in [2.45, 2.75) is 39.5 Å². The van der Waals surface area contributed by atoms with E-state index in [2.05, 4.69) is 136 Å². The van der Waals surface area contributed by atoms with Gasteiger partial charge in [-0.05, 0) is 87.8 Å². The van der Waals surface area contributed by atoms with E-state index in [0.717, 1.165) is 29.1 Å². The van der Waals surface area contributed by atoms with E-state index in [-0.39, 0.29) is 5.41 Å². The average Bonchev–Trinajstić information content (AvgIpc) is 3.26. The van der Waals surface area contributed by atoms with Crippen molar-refractivity contribution in [1.29, 1.82) is 5.41 Å². The summed E-state index contributed by atoms with van der Waals surface area (Å²) in [4.78, 5) is 2.39. The van der Waals surface area contributed by atoms with Crippen LogP contribution in [0.2, 0.25) is 0 Å². The van der Waals surface area contributed by atoms with E-state index < -0.39 is 0 Å². The van der Waals surface area contributed by atoms with Crippen LogP contribution < -0.4 is 4.90 Å². The monoisotopic (exact) mass is 558 g/mol. The molecule has 0 aromatic heterocycles. The number of allylic oxidation sites excluding steroid dienone is 4. The number of nitrogens with zero attached hydrogens (tertiary/aromatic N) is 1. The fourth-order valence-corrected chi connectivity index (χ4v) is 6.58. The molecule has 0 saturated heterocycles. The van der Waals surface area contributed by atoms with Crippen molar-refractivity contribution in [3.05, 3.63) is 162 Å². The molecule has 0 saturated carbocycles. The lowest BCUT2D eigenvalue weighted by Gasteiger charge is -2.31. The highest BCUT2D eigenvalue weighted by atomic mass is 15.1. The first kappa shape index (κ1) is 28.2. The Kier molecular flexibility index (Phi) is 7.46. The van der Waals surface area contributed by atoms with Crippen molar-refractivity contribution in [3.63, 3.8) is 0 Å². The van der Waals surface area contributed by atoms with Crippen molar-refractivity contribution < 1.29 is 0 Å². The zero-order valence-electron chi connectivity index (χ0n) is 25.5. The van der Waals surface area contributed by atoms with Crippen LogP contribution in [0.25, 0.3) is 27.6 Å². The smallest absolute Gasteiger partial charge is 0.0612 e. The third-order valence-electron chi connectivity index (χ3n) is 8.67. The van der Waals surface area contributed by atoms with Crippen LogP contribution in [-0.2, 0) is 5.41 Å². The summed E-state index contributed by atoms with van der Waals surface area (Å²) < 4.78 is 0. The van der Waals surface area contributed by atoms with E-state index in [4.69, 9.17) is 5.41 Å². The average molecular weight is 559 g/mol. The molecule has 0 atom stereocenters. The largest absolute Gasteiger partial charge is 0.310 e. The molecule has 1 aliphatic rings. The lowest BCUT2D eigenvalue weighted by atomic mass is 9.80. The third kappa shape index (κ3) is 4.93. The van der Waals surface area contributed by atoms with Crippen LogP contribution in [-0.4, -0.2) is 5.71 Å². The Morgan fingerprint density at radius 2 is 1.53 bits per heavy atom. The van der Waals surface area contributed by atoms with Crippen LogP contribution in [0.1, 0.15) is 55.0 Å². The molecule has 0 aliphatic heterocycles. The fraction of sp³-hybridized carbons (Fsp3) is 0.146. The maximum atomic E-state index is 8.48. The normalized spacial score (nSPS) is 13.6. The van der Waals surface area contributed by atoms with Gasteiger partial charge in [0.2, 0.25) is 0 Å². The molecule has 0 unspecified atom stereocenters. The van der Waals surface area contributed by atoms with E-state index in [1.54, 1.807) is 18.2 Å². The summed E-state index contributed by atoms with van der Waals surface area (Å²) in [6.45, 7) is 12.8. The molecule has 0 amide bonds. The maximum Gasteiger partial charge on any atom is 0.0612 e. The molecular formula is C41H38N2. The first-order valence-corrected chi connectivity index (χ1v) is 15.1. The highest BCUT2D eigenvalue weighted by molar-refractivity contribution is 6.07. The number of fused-ring (bicyclic) bond motifs is 5. The van der Waals surface area contributed by atoms with Gasteiger partial charge in [0.1, 0.15) is 0 Å². The van der Waals surface area contributed by atoms with Crippen molar-refractivity contribution >= 4 is 33.6 Å². The van der Waals surface area contributed by atoms with E-state index in [1.165, 1.54) is 44.2 Å². The minimum absolute atomic E-state index is 0.152. The van der Waals surface area contributed by atoms with Gasteiger partial charge >= 0.3 is 0 Å². The third-order valence-corrected chi connectivity index (χ3v) is 8.67. The molecular weight excluding hydrogens is 520 g/mol. The SMILES string of the molecule is C=C/C=C\C(=N)c1ccc(N(/C(=C/CC)c2ccccc2C)c2ccc3c(c2)C(C)(C)c2c-3ccc3ccccc23)cc1. The van der Waals surface area contributed by atoms with Gasteiger partial charge in [-0.3, -0.25) is 0 Å². The Labute approximate surface area is 255 Å². The van der Waals surface area contributed by atoms with Gasteiger partial charge in [0.05, 0.1) is 5.71 Å².